The molecule has 2 heterocycles. The number of nitrogens with one attached hydrogen (secondary N) is 1. The molecular weight excluding hydrogens is 247 g/mol. The Kier molecular flexibility index (Phi) is 2.70. The summed E-state index contributed by atoms with van der Waals surface area (Å²) in [6, 6.07) is 4.67. The summed E-state index contributed by atoms with van der Waals surface area (Å²) in [7, 11) is 0. The Morgan fingerprint density at radius 3 is 2.89 bits per heavy atom. The molecule has 0 saturated heterocycles. The van der Waals surface area contributed by atoms with Gasteiger partial charge in [0.15, 0.2) is 0 Å². The lowest BCUT2D eigenvalue weighted by molar-refractivity contribution is 0.101. The van der Waals surface area contributed by atoms with Crippen molar-refractivity contribution in [1.82, 2.24) is 9.55 Å². The zero-order valence-electron chi connectivity index (χ0n) is 10.1. The van der Waals surface area contributed by atoms with Gasteiger partial charge >= 0.3 is 0 Å². The molecule has 0 bridgehead atoms. The summed E-state index contributed by atoms with van der Waals surface area (Å²) in [6.45, 7) is 0. The Hall–Kier alpha value is -2.37. The smallest absolute Gasteiger partial charge is 0.272 e. The van der Waals surface area contributed by atoms with E-state index in [1.807, 2.05) is 4.57 Å². The first-order valence-corrected chi connectivity index (χ1v) is 6.04. The largest absolute Gasteiger partial charge is 0.397 e. The van der Waals surface area contributed by atoms with Gasteiger partial charge in [0, 0.05) is 12.2 Å². The number of carbonyl (C=O) groups is 1. The van der Waals surface area contributed by atoms with Crippen LogP contribution in [0, 0.1) is 5.95 Å². The van der Waals surface area contributed by atoms with E-state index in [1.165, 1.54) is 18.3 Å². The number of nitrogen functional groups attached to an aromatic ring is 1. The van der Waals surface area contributed by atoms with Crippen LogP contribution >= 0.6 is 0 Å². The average Bonchev–Trinajstić information content (AvgIpc) is 3.15. The molecule has 3 rings (SSSR count). The van der Waals surface area contributed by atoms with E-state index in [2.05, 4.69) is 10.3 Å². The lowest BCUT2D eigenvalue weighted by Crippen LogP contribution is -2.16. The number of amides is 1. The van der Waals surface area contributed by atoms with Gasteiger partial charge in [-0.05, 0) is 31.0 Å². The highest BCUT2D eigenvalue weighted by atomic mass is 19.1. The van der Waals surface area contributed by atoms with Crippen molar-refractivity contribution >= 4 is 17.3 Å². The summed E-state index contributed by atoms with van der Waals surface area (Å²) in [6.07, 6.45) is 5.18. The number of anilines is 2. The molecule has 6 heteroatoms. The summed E-state index contributed by atoms with van der Waals surface area (Å²) in [5.41, 5.74) is 7.27. The Morgan fingerprint density at radius 2 is 2.26 bits per heavy atom. The second-order valence-corrected chi connectivity index (χ2v) is 4.62. The quantitative estimate of drug-likeness (QED) is 0.831. The van der Waals surface area contributed by atoms with Gasteiger partial charge in [0.1, 0.15) is 5.69 Å². The van der Waals surface area contributed by atoms with Gasteiger partial charge in [0.25, 0.3) is 5.91 Å². The van der Waals surface area contributed by atoms with E-state index in [0.29, 0.717) is 23.1 Å². The van der Waals surface area contributed by atoms with Gasteiger partial charge < -0.3 is 15.6 Å². The first kappa shape index (κ1) is 11.7. The van der Waals surface area contributed by atoms with Crippen LogP contribution in [-0.4, -0.2) is 15.5 Å². The van der Waals surface area contributed by atoms with Crippen LogP contribution < -0.4 is 11.1 Å². The number of hydrogen-bond acceptors (Lipinski definition) is 3. The van der Waals surface area contributed by atoms with E-state index >= 15 is 0 Å². The molecule has 19 heavy (non-hydrogen) atoms. The molecule has 1 aliphatic rings. The predicted octanol–water partition coefficient (Wildman–Crippen LogP) is 2.19. The fourth-order valence-corrected chi connectivity index (χ4v) is 1.98. The second kappa shape index (κ2) is 4.38. The molecule has 1 saturated carbocycles. The first-order chi connectivity index (χ1) is 9.13. The minimum Gasteiger partial charge on any atom is -0.397 e. The molecule has 3 N–H and O–H groups in total. The summed E-state index contributed by atoms with van der Waals surface area (Å²) in [5.74, 6) is -0.847. The summed E-state index contributed by atoms with van der Waals surface area (Å²) < 4.78 is 14.6. The number of pyridine rings is 1. The molecule has 0 aliphatic heterocycles. The molecule has 0 atom stereocenters. The van der Waals surface area contributed by atoms with E-state index in [4.69, 9.17) is 5.73 Å². The van der Waals surface area contributed by atoms with Crippen LogP contribution in [0.15, 0.2) is 30.6 Å². The van der Waals surface area contributed by atoms with Gasteiger partial charge in [0.2, 0.25) is 5.95 Å². The Balaban J connectivity index is 1.82. The predicted molar refractivity (Wildman–Crippen MR) is 69.3 cm³/mol. The van der Waals surface area contributed by atoms with Gasteiger partial charge in [-0.15, -0.1) is 0 Å². The van der Waals surface area contributed by atoms with Crippen LogP contribution in [0.2, 0.25) is 0 Å². The van der Waals surface area contributed by atoms with Crippen molar-refractivity contribution in [2.75, 3.05) is 11.1 Å². The molecule has 1 aliphatic carbocycles. The average molecular weight is 260 g/mol. The van der Waals surface area contributed by atoms with Crippen LogP contribution in [0.1, 0.15) is 29.4 Å². The number of aromatic nitrogens is 2. The number of halogens is 1. The van der Waals surface area contributed by atoms with Crippen LogP contribution in [0.4, 0.5) is 15.8 Å². The van der Waals surface area contributed by atoms with Crippen molar-refractivity contribution in [3.63, 3.8) is 0 Å². The molecule has 0 spiro atoms. The number of rotatable bonds is 3. The highest BCUT2D eigenvalue weighted by Gasteiger charge is 2.27. The highest BCUT2D eigenvalue weighted by molar-refractivity contribution is 6.03. The molecule has 0 aromatic carbocycles. The Labute approximate surface area is 109 Å². The number of nitrogens with two attached hydrogens (primary N) is 1. The third kappa shape index (κ3) is 2.42. The molecule has 1 fully saturated rings. The van der Waals surface area contributed by atoms with Crippen molar-refractivity contribution in [1.29, 1.82) is 0 Å². The Morgan fingerprint density at radius 1 is 1.47 bits per heavy atom. The van der Waals surface area contributed by atoms with Gasteiger partial charge in [-0.3, -0.25) is 4.79 Å². The third-order valence-electron chi connectivity index (χ3n) is 3.03. The second-order valence-electron chi connectivity index (χ2n) is 4.62. The molecule has 0 unspecified atom stereocenters. The molecule has 2 aromatic rings. The van der Waals surface area contributed by atoms with Crippen molar-refractivity contribution in [2.24, 2.45) is 0 Å². The maximum atomic E-state index is 12.7. The molecule has 0 radical (unpaired) electrons. The fraction of sp³-hybridized carbons (Fsp3) is 0.231. The lowest BCUT2D eigenvalue weighted by atomic mass is 10.3. The SMILES string of the molecule is Nc1cc(C(=O)Nc2ccc(F)nc2)n(C2CC2)c1. The van der Waals surface area contributed by atoms with E-state index in [9.17, 15) is 9.18 Å². The van der Waals surface area contributed by atoms with Crippen LogP contribution in [0.25, 0.3) is 0 Å². The molecule has 2 aromatic heterocycles. The third-order valence-corrected chi connectivity index (χ3v) is 3.03. The lowest BCUT2D eigenvalue weighted by Gasteiger charge is -2.08. The van der Waals surface area contributed by atoms with Crippen molar-refractivity contribution in [3.8, 4) is 0 Å². The van der Waals surface area contributed by atoms with Gasteiger partial charge in [0.05, 0.1) is 17.6 Å². The molecule has 98 valence electrons. The number of hydrogen-bond donors (Lipinski definition) is 2. The first-order valence-electron chi connectivity index (χ1n) is 6.04. The normalized spacial score (nSPS) is 14.4. The van der Waals surface area contributed by atoms with Crippen molar-refractivity contribution in [2.45, 2.75) is 18.9 Å². The highest BCUT2D eigenvalue weighted by Crippen LogP contribution is 2.37. The number of nitrogens with zero attached hydrogens (tertiary/aromatic N) is 2. The zero-order chi connectivity index (χ0) is 13.4. The van der Waals surface area contributed by atoms with Gasteiger partial charge in [-0.25, -0.2) is 4.98 Å². The standard InChI is InChI=1S/C13H13FN4O/c14-12-4-1-9(6-16-12)17-13(19)11-5-8(15)7-18(11)10-2-3-10/h1,4-7,10H,2-3,15H2,(H,17,19). The summed E-state index contributed by atoms with van der Waals surface area (Å²) in [5, 5.41) is 2.68. The Bertz CT molecular complexity index is 616. The van der Waals surface area contributed by atoms with Crippen LogP contribution in [0.5, 0.6) is 0 Å². The van der Waals surface area contributed by atoms with Crippen LogP contribution in [0.3, 0.4) is 0 Å². The zero-order valence-corrected chi connectivity index (χ0v) is 10.1. The maximum Gasteiger partial charge on any atom is 0.272 e. The van der Waals surface area contributed by atoms with Gasteiger partial charge in [-0.2, -0.15) is 4.39 Å². The van der Waals surface area contributed by atoms with Gasteiger partial charge in [-0.1, -0.05) is 0 Å². The summed E-state index contributed by atoms with van der Waals surface area (Å²) >= 11 is 0. The van der Waals surface area contributed by atoms with E-state index in [1.54, 1.807) is 12.3 Å². The summed E-state index contributed by atoms with van der Waals surface area (Å²) in [4.78, 5) is 15.6. The molecule has 1 amide bonds. The van der Waals surface area contributed by atoms with Crippen molar-refractivity contribution in [3.05, 3.63) is 42.2 Å². The van der Waals surface area contributed by atoms with E-state index < -0.39 is 5.95 Å². The molecule has 5 nitrogen and oxygen atoms in total. The molecular formula is C13H13FN4O. The minimum absolute atomic E-state index is 0.267. The van der Waals surface area contributed by atoms with Crippen molar-refractivity contribution < 1.29 is 9.18 Å². The van der Waals surface area contributed by atoms with E-state index in [-0.39, 0.29) is 5.91 Å². The van der Waals surface area contributed by atoms with Crippen LogP contribution in [-0.2, 0) is 0 Å². The fourth-order valence-electron chi connectivity index (χ4n) is 1.98. The minimum atomic E-state index is -0.580. The van der Waals surface area contributed by atoms with E-state index in [0.717, 1.165) is 12.8 Å². The monoisotopic (exact) mass is 260 g/mol. The topological polar surface area (TPSA) is 72.9 Å². The maximum absolute atomic E-state index is 12.7. The number of carbonyl (C=O) groups excluding carboxylic acids is 1.